The fourth-order valence-corrected chi connectivity index (χ4v) is 6.04. The third-order valence-corrected chi connectivity index (χ3v) is 8.32. The van der Waals surface area contributed by atoms with E-state index >= 15 is 0 Å². The van der Waals surface area contributed by atoms with Gasteiger partial charge in [0.1, 0.15) is 0 Å². The molecule has 2 N–H and O–H groups in total. The molecule has 1 aliphatic rings. The van der Waals surface area contributed by atoms with Crippen LogP contribution in [0.5, 0.6) is 0 Å². The molecule has 2 aromatic carbocycles. The van der Waals surface area contributed by atoms with Crippen molar-refractivity contribution in [3.8, 4) is 11.3 Å². The van der Waals surface area contributed by atoms with Crippen LogP contribution in [0.1, 0.15) is 25.3 Å². The Morgan fingerprint density at radius 1 is 1.22 bits per heavy atom. The van der Waals surface area contributed by atoms with E-state index in [2.05, 4.69) is 4.90 Å². The summed E-state index contributed by atoms with van der Waals surface area (Å²) in [7, 11) is 0. The number of carbonyl (C=O) groups is 1. The molecule has 0 aliphatic carbocycles. The molecule has 0 spiro atoms. The van der Waals surface area contributed by atoms with E-state index in [4.69, 9.17) is 33.9 Å². The highest BCUT2D eigenvalue weighted by Crippen LogP contribution is 2.34. The van der Waals surface area contributed by atoms with Gasteiger partial charge in [0, 0.05) is 61.2 Å². The highest BCUT2D eigenvalue weighted by molar-refractivity contribution is 7.99. The number of amides is 1. The van der Waals surface area contributed by atoms with Gasteiger partial charge in [-0.3, -0.25) is 14.0 Å². The molecule has 0 unspecified atom stereocenters. The minimum absolute atomic E-state index is 0.0543. The first-order valence-corrected chi connectivity index (χ1v) is 12.8. The number of halogens is 2. The van der Waals surface area contributed by atoms with Gasteiger partial charge in [-0.1, -0.05) is 41.4 Å². The summed E-state index contributed by atoms with van der Waals surface area (Å²) in [6.07, 6.45) is 1.84. The van der Waals surface area contributed by atoms with Crippen LogP contribution in [0.4, 0.5) is 5.69 Å². The van der Waals surface area contributed by atoms with Crippen molar-refractivity contribution in [2.75, 3.05) is 18.8 Å². The molecular formula is C23H24Cl2N4OS2. The lowest BCUT2D eigenvalue weighted by Gasteiger charge is -2.37. The fraction of sp³-hybridized carbons (Fsp3) is 0.304. The summed E-state index contributed by atoms with van der Waals surface area (Å²) in [6, 6.07) is 13.6. The van der Waals surface area contributed by atoms with Crippen LogP contribution in [0.15, 0.2) is 52.2 Å². The van der Waals surface area contributed by atoms with Crippen LogP contribution < -0.4 is 5.73 Å². The first-order valence-electron chi connectivity index (χ1n) is 10.3. The number of benzene rings is 2. The quantitative estimate of drug-likeness (QED) is 0.317. The van der Waals surface area contributed by atoms with Gasteiger partial charge in [0.05, 0.1) is 15.7 Å². The largest absolute Gasteiger partial charge is 0.399 e. The van der Waals surface area contributed by atoms with Crippen molar-refractivity contribution in [3.05, 3.63) is 63.5 Å². The van der Waals surface area contributed by atoms with Crippen molar-refractivity contribution in [1.82, 2.24) is 14.2 Å². The number of carbonyl (C=O) groups excluding carboxylic acids is 1. The Balaban J connectivity index is 1.37. The maximum Gasteiger partial charge on any atom is 0.229 e. The Kier molecular flexibility index (Phi) is 7.63. The van der Waals surface area contributed by atoms with E-state index in [1.54, 1.807) is 18.3 Å². The second-order valence-electron chi connectivity index (χ2n) is 7.82. The van der Waals surface area contributed by atoms with E-state index in [0.29, 0.717) is 15.7 Å². The molecule has 32 heavy (non-hydrogen) atoms. The van der Waals surface area contributed by atoms with Crippen molar-refractivity contribution in [3.63, 3.8) is 0 Å². The third-order valence-electron chi connectivity index (χ3n) is 5.43. The molecule has 5 nitrogen and oxygen atoms in total. The monoisotopic (exact) mass is 506 g/mol. The number of rotatable bonds is 6. The number of aromatic nitrogens is 1. The van der Waals surface area contributed by atoms with Crippen LogP contribution in [-0.2, 0) is 11.3 Å². The zero-order valence-electron chi connectivity index (χ0n) is 17.6. The zero-order chi connectivity index (χ0) is 22.7. The Morgan fingerprint density at radius 2 is 2.00 bits per heavy atom. The summed E-state index contributed by atoms with van der Waals surface area (Å²) >= 11 is 15.2. The van der Waals surface area contributed by atoms with Gasteiger partial charge in [-0.25, -0.2) is 4.98 Å². The molecule has 0 saturated carbocycles. The summed E-state index contributed by atoms with van der Waals surface area (Å²) in [5.41, 5.74) is 9.62. The maximum atomic E-state index is 12.4. The minimum Gasteiger partial charge on any atom is -0.399 e. The van der Waals surface area contributed by atoms with Crippen LogP contribution in [0.25, 0.3) is 11.3 Å². The number of likely N-dealkylation sites (tertiary alicyclic amines) is 1. The molecular weight excluding hydrogens is 483 g/mol. The smallest absolute Gasteiger partial charge is 0.229 e. The van der Waals surface area contributed by atoms with E-state index in [-0.39, 0.29) is 11.9 Å². The average molecular weight is 508 g/mol. The number of anilines is 1. The standard InChI is InChI=1S/C23H24Cl2N4OS2/c1-15(30)29(32-23-27-22(14-31-23)17-3-2-4-18(26)12-17)19-7-9-28(10-8-19)13-16-5-6-20(24)21(25)11-16/h2-6,11-12,14,19H,7-10,13,26H2,1H3. The number of hydrogen-bond donors (Lipinski definition) is 1. The Labute approximate surface area is 206 Å². The van der Waals surface area contributed by atoms with Crippen molar-refractivity contribution in [2.24, 2.45) is 0 Å². The number of thiazole rings is 1. The Hall–Kier alpha value is -1.77. The minimum atomic E-state index is 0.0543. The predicted octanol–water partition coefficient (Wildman–Crippen LogP) is 6.22. The molecule has 1 amide bonds. The lowest BCUT2D eigenvalue weighted by Crippen LogP contribution is -2.43. The van der Waals surface area contributed by atoms with Gasteiger partial charge < -0.3 is 5.73 Å². The van der Waals surface area contributed by atoms with Crippen LogP contribution in [-0.4, -0.2) is 39.2 Å². The number of nitrogen functional groups attached to an aromatic ring is 1. The molecule has 1 aromatic heterocycles. The first-order chi connectivity index (χ1) is 15.4. The van der Waals surface area contributed by atoms with Crippen LogP contribution >= 0.6 is 46.5 Å². The highest BCUT2D eigenvalue weighted by Gasteiger charge is 2.28. The SMILES string of the molecule is CC(=O)N(Sc1nc(-c2cccc(N)c2)cs1)C1CCN(Cc2ccc(Cl)c(Cl)c2)CC1. The molecule has 0 radical (unpaired) electrons. The first kappa shape index (κ1) is 23.4. The Morgan fingerprint density at radius 3 is 2.69 bits per heavy atom. The van der Waals surface area contributed by atoms with Gasteiger partial charge >= 0.3 is 0 Å². The fourth-order valence-electron chi connectivity index (χ4n) is 3.82. The molecule has 1 fully saturated rings. The van der Waals surface area contributed by atoms with Gasteiger partial charge in [-0.15, -0.1) is 11.3 Å². The molecule has 0 bridgehead atoms. The summed E-state index contributed by atoms with van der Waals surface area (Å²) in [4.78, 5) is 19.5. The summed E-state index contributed by atoms with van der Waals surface area (Å²) in [5.74, 6) is 0.0543. The number of nitrogens with two attached hydrogens (primary N) is 1. The second kappa shape index (κ2) is 10.4. The maximum absolute atomic E-state index is 12.4. The van der Waals surface area contributed by atoms with E-state index in [0.717, 1.165) is 53.6 Å². The van der Waals surface area contributed by atoms with Crippen molar-refractivity contribution in [2.45, 2.75) is 36.7 Å². The Bertz CT molecular complexity index is 1100. The molecule has 1 aliphatic heterocycles. The zero-order valence-corrected chi connectivity index (χ0v) is 20.8. The number of nitrogens with zero attached hydrogens (tertiary/aromatic N) is 3. The van der Waals surface area contributed by atoms with Crippen molar-refractivity contribution < 1.29 is 4.79 Å². The molecule has 1 saturated heterocycles. The van der Waals surface area contributed by atoms with E-state index in [1.165, 1.54) is 11.9 Å². The molecule has 168 valence electrons. The average Bonchev–Trinajstić information content (AvgIpc) is 3.24. The molecule has 4 rings (SSSR count). The lowest BCUT2D eigenvalue weighted by atomic mass is 10.0. The van der Waals surface area contributed by atoms with Crippen LogP contribution in [0.2, 0.25) is 10.0 Å². The summed E-state index contributed by atoms with van der Waals surface area (Å²) in [6.45, 7) is 4.29. The van der Waals surface area contributed by atoms with E-state index < -0.39 is 0 Å². The third kappa shape index (κ3) is 5.77. The van der Waals surface area contributed by atoms with Crippen LogP contribution in [0, 0.1) is 0 Å². The van der Waals surface area contributed by atoms with Gasteiger partial charge in [0.25, 0.3) is 0 Å². The van der Waals surface area contributed by atoms with Gasteiger partial charge in [0.2, 0.25) is 5.91 Å². The lowest BCUT2D eigenvalue weighted by molar-refractivity contribution is -0.125. The number of piperidine rings is 1. The van der Waals surface area contributed by atoms with Crippen molar-refractivity contribution in [1.29, 1.82) is 0 Å². The molecule has 9 heteroatoms. The summed E-state index contributed by atoms with van der Waals surface area (Å²) < 4.78 is 2.74. The van der Waals surface area contributed by atoms with E-state index in [9.17, 15) is 4.79 Å². The topological polar surface area (TPSA) is 62.5 Å². The molecule has 2 heterocycles. The highest BCUT2D eigenvalue weighted by atomic mass is 35.5. The normalized spacial score (nSPS) is 15.1. The van der Waals surface area contributed by atoms with E-state index in [1.807, 2.05) is 52.1 Å². The summed E-state index contributed by atoms with van der Waals surface area (Å²) in [5, 5.41) is 3.17. The molecule has 0 atom stereocenters. The van der Waals surface area contributed by atoms with Crippen LogP contribution in [0.3, 0.4) is 0 Å². The van der Waals surface area contributed by atoms with Crippen molar-refractivity contribution >= 4 is 58.1 Å². The molecule has 3 aromatic rings. The van der Waals surface area contributed by atoms with Gasteiger partial charge in [0.15, 0.2) is 4.34 Å². The van der Waals surface area contributed by atoms with Gasteiger partial charge in [-0.2, -0.15) is 0 Å². The van der Waals surface area contributed by atoms with Gasteiger partial charge in [-0.05, 0) is 42.7 Å². The predicted molar refractivity (Wildman–Crippen MR) is 135 cm³/mol. The number of hydrogen-bond acceptors (Lipinski definition) is 6. The second-order valence-corrected chi connectivity index (χ2v) is 10.7.